The van der Waals surface area contributed by atoms with Gasteiger partial charge in [-0.25, -0.2) is 0 Å². The second-order valence-electron chi connectivity index (χ2n) is 9.42. The molecule has 1 aliphatic rings. The molecular weight excluding hydrogens is 521 g/mol. The van der Waals surface area contributed by atoms with Crippen LogP contribution in [0.2, 0.25) is 0 Å². The molecule has 10 nitrogen and oxygen atoms in total. The van der Waals surface area contributed by atoms with Crippen molar-refractivity contribution in [1.29, 1.82) is 0 Å². The number of aliphatic hydroxyl groups is 2. The van der Waals surface area contributed by atoms with Crippen LogP contribution in [0.4, 0.5) is 13.2 Å². The van der Waals surface area contributed by atoms with Crippen LogP contribution in [0.1, 0.15) is 58.8 Å². The Bertz CT molecular complexity index is 905. The molecule has 0 aromatic heterocycles. The Hall–Kier alpha value is -3.19. The van der Waals surface area contributed by atoms with Gasteiger partial charge in [0.25, 0.3) is 0 Å². The molecule has 4 amide bonds. The minimum absolute atomic E-state index is 0.0636. The molecule has 0 radical (unpaired) electrons. The van der Waals surface area contributed by atoms with Crippen LogP contribution in [-0.2, 0) is 19.2 Å². The van der Waals surface area contributed by atoms with Gasteiger partial charge in [0.2, 0.25) is 23.6 Å². The van der Waals surface area contributed by atoms with Crippen molar-refractivity contribution in [3.05, 3.63) is 36.5 Å². The smallest absolute Gasteiger partial charge is 0.389 e. The Labute approximate surface area is 226 Å². The summed E-state index contributed by atoms with van der Waals surface area (Å²) >= 11 is 0. The zero-order chi connectivity index (χ0) is 29.4. The third-order valence-electron chi connectivity index (χ3n) is 5.71. The molecule has 0 aromatic rings. The average molecular weight is 561 g/mol. The van der Waals surface area contributed by atoms with E-state index in [1.165, 1.54) is 25.2 Å². The molecule has 220 valence electrons. The van der Waals surface area contributed by atoms with Crippen LogP contribution in [-0.4, -0.2) is 76.9 Å². The lowest BCUT2D eigenvalue weighted by Crippen LogP contribution is -2.58. The van der Waals surface area contributed by atoms with Crippen molar-refractivity contribution in [2.75, 3.05) is 6.54 Å². The van der Waals surface area contributed by atoms with Crippen molar-refractivity contribution < 1.29 is 42.6 Å². The van der Waals surface area contributed by atoms with Crippen LogP contribution in [0.5, 0.6) is 0 Å². The van der Waals surface area contributed by atoms with Gasteiger partial charge in [0.05, 0.1) is 12.2 Å². The maximum absolute atomic E-state index is 12.9. The van der Waals surface area contributed by atoms with Gasteiger partial charge in [-0.1, -0.05) is 30.7 Å². The predicted molar refractivity (Wildman–Crippen MR) is 138 cm³/mol. The lowest BCUT2D eigenvalue weighted by atomic mass is 10.0. The van der Waals surface area contributed by atoms with Crippen LogP contribution < -0.4 is 21.3 Å². The molecule has 0 saturated heterocycles. The number of allylic oxidation sites excluding steroid dienone is 3. The van der Waals surface area contributed by atoms with E-state index in [1.807, 2.05) is 0 Å². The van der Waals surface area contributed by atoms with Crippen LogP contribution in [0.15, 0.2) is 36.5 Å². The van der Waals surface area contributed by atoms with Crippen LogP contribution in [0.25, 0.3) is 0 Å². The third kappa shape index (κ3) is 15.7. The first-order valence-corrected chi connectivity index (χ1v) is 12.9. The number of rotatable bonds is 11. The van der Waals surface area contributed by atoms with Crippen molar-refractivity contribution in [2.24, 2.45) is 0 Å². The molecule has 0 unspecified atom stereocenters. The summed E-state index contributed by atoms with van der Waals surface area (Å²) in [6.45, 7) is 3.07. The number of alkyl halides is 3. The van der Waals surface area contributed by atoms with E-state index in [-0.39, 0.29) is 31.7 Å². The summed E-state index contributed by atoms with van der Waals surface area (Å²) in [5.74, 6) is -2.51. The lowest BCUT2D eigenvalue weighted by Gasteiger charge is -2.26. The Morgan fingerprint density at radius 2 is 1.92 bits per heavy atom. The molecule has 1 aliphatic heterocycles. The summed E-state index contributed by atoms with van der Waals surface area (Å²) in [6, 6.07) is -3.13. The minimum atomic E-state index is -4.15. The van der Waals surface area contributed by atoms with Gasteiger partial charge in [0.1, 0.15) is 12.1 Å². The second-order valence-corrected chi connectivity index (χ2v) is 9.42. The molecule has 13 heteroatoms. The molecule has 0 fully saturated rings. The zero-order valence-electron chi connectivity index (χ0n) is 22.2. The largest absolute Gasteiger partial charge is 0.393 e. The highest BCUT2D eigenvalue weighted by Crippen LogP contribution is 2.22. The van der Waals surface area contributed by atoms with Crippen molar-refractivity contribution in [2.45, 2.75) is 95.3 Å². The van der Waals surface area contributed by atoms with E-state index in [2.05, 4.69) is 21.3 Å². The molecule has 0 bridgehead atoms. The van der Waals surface area contributed by atoms with E-state index in [0.717, 1.165) is 6.08 Å². The van der Waals surface area contributed by atoms with Crippen LogP contribution in [0, 0.1) is 0 Å². The second kappa shape index (κ2) is 17.4. The quantitative estimate of drug-likeness (QED) is 0.127. The molecule has 1 rings (SSSR count). The summed E-state index contributed by atoms with van der Waals surface area (Å²) in [4.78, 5) is 49.6. The monoisotopic (exact) mass is 560 g/mol. The highest BCUT2D eigenvalue weighted by atomic mass is 19.4. The van der Waals surface area contributed by atoms with Gasteiger partial charge < -0.3 is 31.5 Å². The number of halogens is 3. The van der Waals surface area contributed by atoms with Crippen LogP contribution in [0.3, 0.4) is 0 Å². The zero-order valence-corrected chi connectivity index (χ0v) is 22.2. The molecule has 0 spiro atoms. The third-order valence-corrected chi connectivity index (χ3v) is 5.71. The number of amides is 4. The Morgan fingerprint density at radius 3 is 2.59 bits per heavy atom. The van der Waals surface area contributed by atoms with E-state index in [4.69, 9.17) is 0 Å². The number of carbonyl (C=O) groups excluding carboxylic acids is 4. The van der Waals surface area contributed by atoms with Gasteiger partial charge >= 0.3 is 6.18 Å². The maximum Gasteiger partial charge on any atom is 0.389 e. The fraction of sp³-hybridized carbons (Fsp3) is 0.615. The Kier molecular flexibility index (Phi) is 15.1. The molecule has 5 atom stereocenters. The maximum atomic E-state index is 12.9. The fourth-order valence-electron chi connectivity index (χ4n) is 3.60. The van der Waals surface area contributed by atoms with Gasteiger partial charge in [-0.15, -0.1) is 0 Å². The molecule has 0 aliphatic carbocycles. The number of hydrogen-bond donors (Lipinski definition) is 6. The average Bonchev–Trinajstić information content (AvgIpc) is 2.83. The molecule has 1 heterocycles. The topological polar surface area (TPSA) is 157 Å². The first-order valence-electron chi connectivity index (χ1n) is 12.9. The number of aliphatic hydroxyl groups excluding tert-OH is 2. The standard InChI is InChI=1S/C26H39F3N4O6/c1-17-11-12-21(36)30-15-13-19(35)16-20(24(38)31-17)32-25(39)23(18(2)34)33-22(37)10-8-6-4-3-5-7-9-14-26(27,28)29/h4,6,8,10-12,17-20,23,34-35H,3,5,7,9,13-16H2,1-2H3,(H,30,36)(H,31,38)(H,32,39)(H,33,37)/b6-4+,10-8+,12-11+/t17-,18+,19-,20-,23-/m0/s1. The number of nitrogens with one attached hydrogen (secondary N) is 4. The number of carbonyl (C=O) groups is 4. The summed E-state index contributed by atoms with van der Waals surface area (Å²) in [5, 5.41) is 30.4. The normalized spacial score (nSPS) is 23.7. The predicted octanol–water partition coefficient (Wildman–Crippen LogP) is 1.29. The van der Waals surface area contributed by atoms with Crippen molar-refractivity contribution >= 4 is 23.6 Å². The van der Waals surface area contributed by atoms with E-state index in [0.29, 0.717) is 19.3 Å². The molecule has 39 heavy (non-hydrogen) atoms. The first kappa shape index (κ1) is 33.8. The van der Waals surface area contributed by atoms with Gasteiger partial charge in [0, 0.05) is 37.6 Å². The highest BCUT2D eigenvalue weighted by molar-refractivity contribution is 5.95. The fourth-order valence-corrected chi connectivity index (χ4v) is 3.60. The number of unbranched alkanes of at least 4 members (excludes halogenated alkanes) is 3. The molecule has 0 aromatic carbocycles. The Balaban J connectivity index is 2.68. The lowest BCUT2D eigenvalue weighted by molar-refractivity contribution is -0.135. The minimum Gasteiger partial charge on any atom is -0.393 e. The first-order chi connectivity index (χ1) is 18.3. The molecule has 0 saturated carbocycles. The highest BCUT2D eigenvalue weighted by Gasteiger charge is 2.31. The van der Waals surface area contributed by atoms with Crippen molar-refractivity contribution in [1.82, 2.24) is 21.3 Å². The van der Waals surface area contributed by atoms with Crippen LogP contribution >= 0.6 is 0 Å². The van der Waals surface area contributed by atoms with E-state index >= 15 is 0 Å². The van der Waals surface area contributed by atoms with E-state index < -0.39 is 60.7 Å². The summed E-state index contributed by atoms with van der Waals surface area (Å²) in [7, 11) is 0. The van der Waals surface area contributed by atoms with Gasteiger partial charge in [-0.05, 0) is 39.5 Å². The molecule has 6 N–H and O–H groups in total. The van der Waals surface area contributed by atoms with Gasteiger partial charge in [-0.3, -0.25) is 19.2 Å². The summed E-state index contributed by atoms with van der Waals surface area (Å²) in [5.41, 5.74) is 0. The molecular formula is C26H39F3N4O6. The van der Waals surface area contributed by atoms with E-state index in [9.17, 15) is 42.6 Å². The van der Waals surface area contributed by atoms with E-state index in [1.54, 1.807) is 19.1 Å². The number of hydrogen-bond acceptors (Lipinski definition) is 6. The van der Waals surface area contributed by atoms with Crippen molar-refractivity contribution in [3.63, 3.8) is 0 Å². The SMILES string of the molecule is C[C@H]1/C=C/C(=O)NCC[C@H](O)C[C@H](NC(=O)[C@@H](NC(=O)/C=C/C=C/CCCCCC(F)(F)F)[C@@H](C)O)C(=O)N1. The summed E-state index contributed by atoms with van der Waals surface area (Å²) < 4.78 is 36.3. The van der Waals surface area contributed by atoms with Gasteiger partial charge in [-0.2, -0.15) is 13.2 Å². The van der Waals surface area contributed by atoms with Gasteiger partial charge in [0.15, 0.2) is 0 Å². The van der Waals surface area contributed by atoms with Crippen molar-refractivity contribution in [3.8, 4) is 0 Å². The Morgan fingerprint density at radius 1 is 1.21 bits per heavy atom. The summed E-state index contributed by atoms with van der Waals surface area (Å²) in [6.07, 6.45) is 2.78.